The summed E-state index contributed by atoms with van der Waals surface area (Å²) < 4.78 is 15.9. The van der Waals surface area contributed by atoms with Crippen LogP contribution in [0.2, 0.25) is 5.22 Å². The van der Waals surface area contributed by atoms with Crippen molar-refractivity contribution in [1.29, 1.82) is 0 Å². The molecule has 3 rings (SSSR count). The van der Waals surface area contributed by atoms with Crippen LogP contribution < -0.4 is 5.73 Å². The van der Waals surface area contributed by atoms with Crippen molar-refractivity contribution in [2.45, 2.75) is 37.8 Å². The molecule has 0 saturated heterocycles. The zero-order chi connectivity index (χ0) is 14.2. The summed E-state index contributed by atoms with van der Waals surface area (Å²) in [5.41, 5.74) is 5.96. The predicted octanol–water partition coefficient (Wildman–Crippen LogP) is 2.73. The van der Waals surface area contributed by atoms with Crippen molar-refractivity contribution in [3.8, 4) is 11.5 Å². The van der Waals surface area contributed by atoms with Crippen LogP contribution in [0.3, 0.4) is 0 Å². The van der Waals surface area contributed by atoms with Gasteiger partial charge in [0.1, 0.15) is 5.54 Å². The number of nitrogens with two attached hydrogens (primary N) is 1. The van der Waals surface area contributed by atoms with E-state index in [1.807, 2.05) is 6.92 Å². The molecular weight excluding hydrogens is 282 g/mol. The first-order valence-corrected chi connectivity index (χ1v) is 6.92. The van der Waals surface area contributed by atoms with E-state index in [9.17, 15) is 0 Å². The molecule has 2 heterocycles. The van der Waals surface area contributed by atoms with Gasteiger partial charge in [-0.2, -0.15) is 4.98 Å². The van der Waals surface area contributed by atoms with E-state index in [2.05, 4.69) is 10.1 Å². The van der Waals surface area contributed by atoms with Crippen LogP contribution in [0.1, 0.15) is 32.0 Å². The quantitative estimate of drug-likeness (QED) is 0.913. The minimum atomic E-state index is -0.798. The van der Waals surface area contributed by atoms with Crippen LogP contribution in [-0.2, 0) is 10.3 Å². The summed E-state index contributed by atoms with van der Waals surface area (Å²) in [5, 5.41) is 4.13. The highest BCUT2D eigenvalue weighted by Gasteiger charge is 2.31. The Kier molecular flexibility index (Phi) is 3.54. The highest BCUT2D eigenvalue weighted by Crippen LogP contribution is 2.29. The molecule has 20 heavy (non-hydrogen) atoms. The van der Waals surface area contributed by atoms with Crippen molar-refractivity contribution in [2.75, 3.05) is 6.61 Å². The van der Waals surface area contributed by atoms with Crippen LogP contribution in [0.15, 0.2) is 21.3 Å². The third-order valence-corrected chi connectivity index (χ3v) is 3.75. The molecule has 1 unspecified atom stereocenters. The summed E-state index contributed by atoms with van der Waals surface area (Å²) in [6.45, 7) is 2.17. The molecule has 2 aromatic heterocycles. The SMILES string of the molecule is CC(N)(COC1CCC1)c1noc(-c2ccoc2Cl)n1. The summed E-state index contributed by atoms with van der Waals surface area (Å²) in [4.78, 5) is 4.28. The van der Waals surface area contributed by atoms with Crippen molar-refractivity contribution in [3.63, 3.8) is 0 Å². The van der Waals surface area contributed by atoms with Gasteiger partial charge in [-0.3, -0.25) is 0 Å². The zero-order valence-corrected chi connectivity index (χ0v) is 11.9. The minimum absolute atomic E-state index is 0.213. The molecule has 1 fully saturated rings. The lowest BCUT2D eigenvalue weighted by Crippen LogP contribution is -2.41. The van der Waals surface area contributed by atoms with Gasteiger partial charge in [-0.25, -0.2) is 0 Å². The average Bonchev–Trinajstić information content (AvgIpc) is 2.94. The molecule has 2 N–H and O–H groups in total. The van der Waals surface area contributed by atoms with Gasteiger partial charge < -0.3 is 19.4 Å². The van der Waals surface area contributed by atoms with Crippen molar-refractivity contribution in [1.82, 2.24) is 10.1 Å². The highest BCUT2D eigenvalue weighted by atomic mass is 35.5. The van der Waals surface area contributed by atoms with Crippen LogP contribution in [0, 0.1) is 0 Å². The van der Waals surface area contributed by atoms with Gasteiger partial charge in [-0.1, -0.05) is 5.16 Å². The van der Waals surface area contributed by atoms with Crippen LogP contribution in [0.25, 0.3) is 11.5 Å². The van der Waals surface area contributed by atoms with Crippen LogP contribution in [-0.4, -0.2) is 22.9 Å². The molecule has 0 amide bonds. The number of hydrogen-bond acceptors (Lipinski definition) is 6. The fourth-order valence-electron chi connectivity index (χ4n) is 1.90. The third kappa shape index (κ3) is 2.59. The first-order chi connectivity index (χ1) is 9.56. The molecule has 2 aromatic rings. The van der Waals surface area contributed by atoms with Crippen LogP contribution in [0.4, 0.5) is 0 Å². The number of aromatic nitrogens is 2. The fourth-order valence-corrected chi connectivity index (χ4v) is 2.10. The number of ether oxygens (including phenoxy) is 1. The lowest BCUT2D eigenvalue weighted by molar-refractivity contribution is -0.0222. The van der Waals surface area contributed by atoms with E-state index in [1.54, 1.807) is 6.07 Å². The van der Waals surface area contributed by atoms with Crippen molar-refractivity contribution < 1.29 is 13.7 Å². The van der Waals surface area contributed by atoms with E-state index in [1.165, 1.54) is 12.7 Å². The standard InChI is InChI=1S/C13H16ClN3O3/c1-13(15,7-19-8-3-2-4-8)12-16-11(20-17-12)9-5-6-18-10(9)14/h5-6,8H,2-4,7,15H2,1H3. The monoisotopic (exact) mass is 297 g/mol. The van der Waals surface area contributed by atoms with Gasteiger partial charge in [0.2, 0.25) is 5.22 Å². The van der Waals surface area contributed by atoms with Gasteiger partial charge in [0.15, 0.2) is 5.82 Å². The Labute approximate surface area is 121 Å². The summed E-state index contributed by atoms with van der Waals surface area (Å²) in [5.74, 6) is 0.683. The summed E-state index contributed by atoms with van der Waals surface area (Å²) in [6, 6.07) is 1.67. The molecule has 7 heteroatoms. The van der Waals surface area contributed by atoms with Gasteiger partial charge in [-0.15, -0.1) is 0 Å². The number of rotatable bonds is 5. The van der Waals surface area contributed by atoms with Gasteiger partial charge in [0.05, 0.1) is 24.5 Å². The van der Waals surface area contributed by atoms with Gasteiger partial charge in [0.25, 0.3) is 5.89 Å². The molecule has 1 aliphatic rings. The highest BCUT2D eigenvalue weighted by molar-refractivity contribution is 6.31. The zero-order valence-electron chi connectivity index (χ0n) is 11.1. The molecule has 0 aromatic carbocycles. The molecule has 1 saturated carbocycles. The Morgan fingerprint density at radius 1 is 1.55 bits per heavy atom. The van der Waals surface area contributed by atoms with E-state index in [0.29, 0.717) is 30.0 Å². The molecule has 0 aliphatic heterocycles. The van der Waals surface area contributed by atoms with Gasteiger partial charge in [0, 0.05) is 0 Å². The second kappa shape index (κ2) is 5.20. The topological polar surface area (TPSA) is 87.3 Å². The summed E-state index contributed by atoms with van der Waals surface area (Å²) in [7, 11) is 0. The summed E-state index contributed by atoms with van der Waals surface area (Å²) in [6.07, 6.45) is 5.18. The van der Waals surface area contributed by atoms with E-state index < -0.39 is 5.54 Å². The molecule has 1 atom stereocenters. The lowest BCUT2D eigenvalue weighted by Gasteiger charge is -2.29. The van der Waals surface area contributed by atoms with Gasteiger partial charge in [-0.05, 0) is 43.9 Å². The first kappa shape index (κ1) is 13.6. The maximum atomic E-state index is 6.20. The Morgan fingerprint density at radius 3 is 2.95 bits per heavy atom. The smallest absolute Gasteiger partial charge is 0.262 e. The number of halogens is 1. The molecule has 6 nitrogen and oxygen atoms in total. The number of hydrogen-bond donors (Lipinski definition) is 1. The van der Waals surface area contributed by atoms with Crippen molar-refractivity contribution >= 4 is 11.6 Å². The molecule has 0 bridgehead atoms. The molecule has 0 spiro atoms. The van der Waals surface area contributed by atoms with Crippen molar-refractivity contribution in [3.05, 3.63) is 23.4 Å². The molecule has 108 valence electrons. The van der Waals surface area contributed by atoms with Crippen LogP contribution >= 0.6 is 11.6 Å². The maximum absolute atomic E-state index is 6.20. The Balaban J connectivity index is 1.73. The normalized spacial score (nSPS) is 18.8. The second-order valence-electron chi connectivity index (χ2n) is 5.31. The third-order valence-electron chi connectivity index (χ3n) is 3.46. The Hall–Kier alpha value is -1.37. The second-order valence-corrected chi connectivity index (χ2v) is 5.66. The molecule has 0 radical (unpaired) electrons. The Morgan fingerprint density at radius 2 is 2.35 bits per heavy atom. The minimum Gasteiger partial charge on any atom is -0.452 e. The number of nitrogens with zero attached hydrogens (tertiary/aromatic N) is 2. The van der Waals surface area contributed by atoms with Crippen molar-refractivity contribution in [2.24, 2.45) is 5.73 Å². The van der Waals surface area contributed by atoms with E-state index in [-0.39, 0.29) is 5.22 Å². The fraction of sp³-hybridized carbons (Fsp3) is 0.538. The first-order valence-electron chi connectivity index (χ1n) is 6.54. The summed E-state index contributed by atoms with van der Waals surface area (Å²) >= 11 is 5.88. The molecule has 1 aliphatic carbocycles. The van der Waals surface area contributed by atoms with E-state index in [4.69, 9.17) is 31.0 Å². The Bertz CT molecular complexity index is 589. The lowest BCUT2D eigenvalue weighted by atomic mass is 9.95. The van der Waals surface area contributed by atoms with E-state index in [0.717, 1.165) is 12.8 Å². The van der Waals surface area contributed by atoms with Gasteiger partial charge >= 0.3 is 0 Å². The number of furan rings is 1. The van der Waals surface area contributed by atoms with E-state index >= 15 is 0 Å². The maximum Gasteiger partial charge on any atom is 0.262 e. The predicted molar refractivity (Wildman–Crippen MR) is 72.1 cm³/mol. The van der Waals surface area contributed by atoms with Crippen LogP contribution in [0.5, 0.6) is 0 Å². The largest absolute Gasteiger partial charge is 0.452 e. The molecular formula is C13H16ClN3O3. The average molecular weight is 298 g/mol.